The zero-order valence-electron chi connectivity index (χ0n) is 26.9. The van der Waals surface area contributed by atoms with Gasteiger partial charge in [-0.1, -0.05) is 146 Å². The number of nitrogens with zero attached hydrogens (tertiary/aromatic N) is 4. The van der Waals surface area contributed by atoms with Gasteiger partial charge in [0.15, 0.2) is 11.6 Å². The SMILES string of the molecule is c1ccc(-c2ccc3c4ccccc4n(-c4nc(-c5ccccc5)nc(-c5cccc6oc7cccc(-c8ccccc8)c7c56)n4)c3c2)cc1. The number of para-hydroxylation sites is 1. The van der Waals surface area contributed by atoms with Crippen molar-refractivity contribution < 1.29 is 4.42 Å². The van der Waals surface area contributed by atoms with Gasteiger partial charge in [0.05, 0.1) is 11.0 Å². The molecule has 3 aromatic heterocycles. The summed E-state index contributed by atoms with van der Waals surface area (Å²) in [5.74, 6) is 1.73. The van der Waals surface area contributed by atoms with E-state index in [1.54, 1.807) is 0 Å². The van der Waals surface area contributed by atoms with Crippen LogP contribution in [0.2, 0.25) is 0 Å². The van der Waals surface area contributed by atoms with E-state index in [-0.39, 0.29) is 0 Å². The number of hydrogen-bond donors (Lipinski definition) is 0. The van der Waals surface area contributed by atoms with Gasteiger partial charge in [0.2, 0.25) is 5.95 Å². The van der Waals surface area contributed by atoms with Crippen molar-refractivity contribution in [3.63, 3.8) is 0 Å². The van der Waals surface area contributed by atoms with Crippen LogP contribution in [0.25, 0.3) is 94.7 Å². The Labute approximate surface area is 287 Å². The molecule has 0 unspecified atom stereocenters. The van der Waals surface area contributed by atoms with Crippen LogP contribution in [0.15, 0.2) is 174 Å². The summed E-state index contributed by atoms with van der Waals surface area (Å²) in [5, 5.41) is 4.29. The number of furan rings is 1. The first-order chi connectivity index (χ1) is 24.8. The molecule has 0 fully saturated rings. The standard InChI is InChI=1S/C45H28N4O/c1-4-14-29(15-5-1)32-26-27-35-34-20-10-11-23-37(34)49(38(35)28-32)45-47-43(31-18-8-3-9-19-31)46-44(48-45)36-22-13-25-40-42(36)41-33(21-12-24-39(41)50-40)30-16-6-2-7-17-30/h1-28H. The number of rotatable bonds is 5. The Hall–Kier alpha value is -6.85. The van der Waals surface area contributed by atoms with Gasteiger partial charge in [-0.3, -0.25) is 4.57 Å². The van der Waals surface area contributed by atoms with Crippen LogP contribution in [-0.4, -0.2) is 19.5 Å². The maximum absolute atomic E-state index is 6.49. The fraction of sp³-hybridized carbons (Fsp3) is 0. The molecule has 0 saturated carbocycles. The summed E-state index contributed by atoms with van der Waals surface area (Å²) in [6.07, 6.45) is 0. The summed E-state index contributed by atoms with van der Waals surface area (Å²) in [6, 6.07) is 58.5. The van der Waals surface area contributed by atoms with Gasteiger partial charge in [-0.05, 0) is 46.5 Å². The minimum Gasteiger partial charge on any atom is -0.456 e. The van der Waals surface area contributed by atoms with Crippen molar-refractivity contribution in [3.05, 3.63) is 170 Å². The van der Waals surface area contributed by atoms with Crippen molar-refractivity contribution in [3.8, 4) is 51.0 Å². The molecule has 10 rings (SSSR count). The Morgan fingerprint density at radius 2 is 0.960 bits per heavy atom. The molecule has 5 nitrogen and oxygen atoms in total. The molecule has 0 bridgehead atoms. The first kappa shape index (κ1) is 28.2. The largest absolute Gasteiger partial charge is 0.456 e. The van der Waals surface area contributed by atoms with Crippen molar-refractivity contribution in [2.75, 3.05) is 0 Å². The van der Waals surface area contributed by atoms with Gasteiger partial charge in [0.1, 0.15) is 11.2 Å². The highest BCUT2D eigenvalue weighted by molar-refractivity contribution is 6.17. The second kappa shape index (κ2) is 11.4. The predicted molar refractivity (Wildman–Crippen MR) is 203 cm³/mol. The van der Waals surface area contributed by atoms with Crippen LogP contribution < -0.4 is 0 Å². The average Bonchev–Trinajstić information content (AvgIpc) is 3.74. The third-order valence-electron chi connectivity index (χ3n) is 9.48. The monoisotopic (exact) mass is 640 g/mol. The molecule has 50 heavy (non-hydrogen) atoms. The minimum atomic E-state index is 0.554. The van der Waals surface area contributed by atoms with E-state index in [0.717, 1.165) is 77.1 Å². The summed E-state index contributed by atoms with van der Waals surface area (Å²) in [6.45, 7) is 0. The van der Waals surface area contributed by atoms with Gasteiger partial charge in [-0.25, -0.2) is 4.98 Å². The molecule has 0 spiro atoms. The maximum Gasteiger partial charge on any atom is 0.238 e. The van der Waals surface area contributed by atoms with Crippen LogP contribution in [0, 0.1) is 0 Å². The molecule has 0 radical (unpaired) electrons. The predicted octanol–water partition coefficient (Wildman–Crippen LogP) is 11.5. The first-order valence-electron chi connectivity index (χ1n) is 16.7. The van der Waals surface area contributed by atoms with Gasteiger partial charge in [0.25, 0.3) is 0 Å². The van der Waals surface area contributed by atoms with Crippen molar-refractivity contribution in [1.82, 2.24) is 19.5 Å². The zero-order chi connectivity index (χ0) is 33.0. The smallest absolute Gasteiger partial charge is 0.238 e. The van der Waals surface area contributed by atoms with E-state index >= 15 is 0 Å². The molecule has 0 N–H and O–H groups in total. The van der Waals surface area contributed by atoms with Crippen LogP contribution in [0.5, 0.6) is 0 Å². The van der Waals surface area contributed by atoms with Crippen LogP contribution >= 0.6 is 0 Å². The van der Waals surface area contributed by atoms with Gasteiger partial charge in [0, 0.05) is 32.7 Å². The van der Waals surface area contributed by atoms with Gasteiger partial charge < -0.3 is 4.42 Å². The zero-order valence-corrected chi connectivity index (χ0v) is 26.9. The molecular formula is C45H28N4O. The lowest BCUT2D eigenvalue weighted by Crippen LogP contribution is -2.06. The fourth-order valence-corrected chi connectivity index (χ4v) is 7.21. The van der Waals surface area contributed by atoms with Crippen molar-refractivity contribution in [2.45, 2.75) is 0 Å². The Bertz CT molecular complexity index is 2860. The van der Waals surface area contributed by atoms with E-state index in [2.05, 4.69) is 108 Å². The molecule has 0 saturated heterocycles. The van der Waals surface area contributed by atoms with Gasteiger partial charge >= 0.3 is 0 Å². The second-order valence-corrected chi connectivity index (χ2v) is 12.4. The summed E-state index contributed by atoms with van der Waals surface area (Å²) in [4.78, 5) is 15.7. The third-order valence-corrected chi connectivity index (χ3v) is 9.48. The Morgan fingerprint density at radius 3 is 1.70 bits per heavy atom. The van der Waals surface area contributed by atoms with Crippen molar-refractivity contribution in [2.24, 2.45) is 0 Å². The highest BCUT2D eigenvalue weighted by Crippen LogP contribution is 2.41. The minimum absolute atomic E-state index is 0.554. The van der Waals surface area contributed by atoms with E-state index in [1.165, 1.54) is 0 Å². The molecule has 0 aliphatic heterocycles. The summed E-state index contributed by atoms with van der Waals surface area (Å²) >= 11 is 0. The van der Waals surface area contributed by atoms with Gasteiger partial charge in [-0.2, -0.15) is 9.97 Å². The normalized spacial score (nSPS) is 11.6. The summed E-state index contributed by atoms with van der Waals surface area (Å²) in [7, 11) is 0. The highest BCUT2D eigenvalue weighted by Gasteiger charge is 2.22. The average molecular weight is 641 g/mol. The van der Waals surface area contributed by atoms with Crippen LogP contribution in [-0.2, 0) is 0 Å². The molecule has 0 aliphatic rings. The van der Waals surface area contributed by atoms with Crippen molar-refractivity contribution >= 4 is 43.7 Å². The van der Waals surface area contributed by atoms with Crippen LogP contribution in [0.3, 0.4) is 0 Å². The lowest BCUT2D eigenvalue weighted by molar-refractivity contribution is 0.669. The maximum atomic E-state index is 6.49. The Balaban J connectivity index is 1.29. The van der Waals surface area contributed by atoms with E-state index in [9.17, 15) is 0 Å². The molecule has 0 aliphatic carbocycles. The highest BCUT2D eigenvalue weighted by atomic mass is 16.3. The van der Waals surface area contributed by atoms with Gasteiger partial charge in [-0.15, -0.1) is 0 Å². The van der Waals surface area contributed by atoms with Crippen molar-refractivity contribution in [1.29, 1.82) is 0 Å². The quantitative estimate of drug-likeness (QED) is 0.188. The third kappa shape index (κ3) is 4.52. The van der Waals surface area contributed by atoms with E-state index in [0.29, 0.717) is 17.6 Å². The molecule has 0 atom stereocenters. The lowest BCUT2D eigenvalue weighted by atomic mass is 9.97. The number of benzene rings is 7. The number of fused-ring (bicyclic) bond motifs is 6. The number of aromatic nitrogens is 4. The van der Waals surface area contributed by atoms with E-state index < -0.39 is 0 Å². The summed E-state index contributed by atoms with van der Waals surface area (Å²) < 4.78 is 8.67. The topological polar surface area (TPSA) is 56.7 Å². The second-order valence-electron chi connectivity index (χ2n) is 12.4. The lowest BCUT2D eigenvalue weighted by Gasteiger charge is -2.12. The van der Waals surface area contributed by atoms with E-state index in [1.807, 2.05) is 66.7 Å². The van der Waals surface area contributed by atoms with E-state index in [4.69, 9.17) is 19.4 Å². The molecule has 234 valence electrons. The molecule has 0 amide bonds. The summed E-state index contributed by atoms with van der Waals surface area (Å²) in [5.41, 5.74) is 9.97. The molecule has 7 aromatic carbocycles. The Kier molecular flexibility index (Phi) is 6.42. The molecule has 5 heteroatoms. The molecule has 3 heterocycles. The molecule has 10 aromatic rings. The molecular weight excluding hydrogens is 613 g/mol. The Morgan fingerprint density at radius 1 is 0.380 bits per heavy atom. The van der Waals surface area contributed by atoms with Crippen LogP contribution in [0.4, 0.5) is 0 Å². The first-order valence-corrected chi connectivity index (χ1v) is 16.7. The van der Waals surface area contributed by atoms with Crippen LogP contribution in [0.1, 0.15) is 0 Å². The fourth-order valence-electron chi connectivity index (χ4n) is 7.21. The number of hydrogen-bond acceptors (Lipinski definition) is 4.